The number of aromatic nitrogens is 2. The van der Waals surface area contributed by atoms with Crippen LogP contribution in [-0.4, -0.2) is 9.97 Å². The summed E-state index contributed by atoms with van der Waals surface area (Å²) in [7, 11) is 0. The maximum Gasteiger partial charge on any atom is 0.138 e. The summed E-state index contributed by atoms with van der Waals surface area (Å²) in [5.41, 5.74) is 3.21. The van der Waals surface area contributed by atoms with Gasteiger partial charge in [-0.15, -0.1) is 0 Å². The maximum absolute atomic E-state index is 5.96. The average Bonchev–Trinajstić information content (AvgIpc) is 2.38. The normalized spacial score (nSPS) is 10.4. The van der Waals surface area contributed by atoms with Crippen molar-refractivity contribution in [1.82, 2.24) is 9.97 Å². The molecule has 0 radical (unpaired) electrons. The molecule has 1 N–H and O–H groups in total. The summed E-state index contributed by atoms with van der Waals surface area (Å²) in [6.45, 7) is 4.08. The molecule has 1 aromatic heterocycles. The van der Waals surface area contributed by atoms with Gasteiger partial charge in [0.1, 0.15) is 17.3 Å². The van der Waals surface area contributed by atoms with E-state index < -0.39 is 0 Å². The van der Waals surface area contributed by atoms with Crippen LogP contribution in [0, 0.1) is 6.92 Å². The molecule has 2 rings (SSSR count). The van der Waals surface area contributed by atoms with E-state index in [0.717, 1.165) is 29.9 Å². The zero-order valence-electron chi connectivity index (χ0n) is 10.6. The number of rotatable bonds is 4. The molecule has 0 atom stereocenters. The molecule has 2 aromatic rings. The highest BCUT2D eigenvalue weighted by molar-refractivity contribution is 6.30. The van der Waals surface area contributed by atoms with E-state index in [1.165, 1.54) is 11.9 Å². The largest absolute Gasteiger partial charge is 0.340 e. The van der Waals surface area contributed by atoms with Crippen LogP contribution in [0.2, 0.25) is 5.15 Å². The lowest BCUT2D eigenvalue weighted by Crippen LogP contribution is -1.98. The van der Waals surface area contributed by atoms with E-state index in [1.54, 1.807) is 0 Å². The van der Waals surface area contributed by atoms with Crippen molar-refractivity contribution in [2.45, 2.75) is 26.7 Å². The van der Waals surface area contributed by atoms with Crippen molar-refractivity contribution in [3.8, 4) is 0 Å². The molecule has 1 heterocycles. The minimum atomic E-state index is 0.482. The average molecular weight is 262 g/mol. The topological polar surface area (TPSA) is 37.8 Å². The predicted molar refractivity (Wildman–Crippen MR) is 75.5 cm³/mol. The summed E-state index contributed by atoms with van der Waals surface area (Å²) < 4.78 is 0. The van der Waals surface area contributed by atoms with E-state index in [-0.39, 0.29) is 0 Å². The molecule has 0 fully saturated rings. The molecule has 1 aromatic carbocycles. The van der Waals surface area contributed by atoms with Crippen LogP contribution in [0.15, 0.2) is 30.6 Å². The molecule has 0 spiro atoms. The van der Waals surface area contributed by atoms with Crippen molar-refractivity contribution < 1.29 is 0 Å². The third kappa shape index (κ3) is 2.99. The van der Waals surface area contributed by atoms with Crippen LogP contribution in [0.1, 0.15) is 24.5 Å². The Morgan fingerprint density at radius 1 is 1.17 bits per heavy atom. The van der Waals surface area contributed by atoms with Gasteiger partial charge >= 0.3 is 0 Å². The van der Waals surface area contributed by atoms with Gasteiger partial charge in [-0.05, 0) is 31.0 Å². The first kappa shape index (κ1) is 12.8. The fourth-order valence-electron chi connectivity index (χ4n) is 1.73. The number of nitrogens with one attached hydrogen (secondary N) is 1. The van der Waals surface area contributed by atoms with Gasteiger partial charge in [0.2, 0.25) is 0 Å². The first-order chi connectivity index (χ1) is 8.70. The van der Waals surface area contributed by atoms with E-state index in [0.29, 0.717) is 5.15 Å². The molecule has 0 saturated carbocycles. The maximum atomic E-state index is 5.96. The Morgan fingerprint density at radius 2 is 1.89 bits per heavy atom. The smallest absolute Gasteiger partial charge is 0.138 e. The molecule has 0 amide bonds. The van der Waals surface area contributed by atoms with Crippen molar-refractivity contribution >= 4 is 23.1 Å². The fraction of sp³-hybridized carbons (Fsp3) is 0.286. The molecule has 0 bridgehead atoms. The first-order valence-corrected chi connectivity index (χ1v) is 6.41. The molecular formula is C14H16ClN3. The summed E-state index contributed by atoms with van der Waals surface area (Å²) in [5, 5.41) is 3.73. The molecule has 0 aliphatic rings. The SMILES string of the molecule is CCCc1ccc(Nc2ncnc(Cl)c2C)cc1. The monoisotopic (exact) mass is 261 g/mol. The molecule has 18 heavy (non-hydrogen) atoms. The van der Waals surface area contributed by atoms with Gasteiger partial charge in [-0.2, -0.15) is 0 Å². The third-order valence-corrected chi connectivity index (χ3v) is 3.16. The minimum Gasteiger partial charge on any atom is -0.340 e. The molecule has 94 valence electrons. The zero-order chi connectivity index (χ0) is 13.0. The molecule has 4 heteroatoms. The Morgan fingerprint density at radius 3 is 2.56 bits per heavy atom. The quantitative estimate of drug-likeness (QED) is 0.841. The van der Waals surface area contributed by atoms with Crippen LogP contribution in [0.4, 0.5) is 11.5 Å². The number of hydrogen-bond acceptors (Lipinski definition) is 3. The summed E-state index contributed by atoms with van der Waals surface area (Å²) in [6, 6.07) is 8.37. The Balaban J connectivity index is 2.16. The lowest BCUT2D eigenvalue weighted by Gasteiger charge is -2.09. The summed E-state index contributed by atoms with van der Waals surface area (Å²) in [4.78, 5) is 8.12. The van der Waals surface area contributed by atoms with Gasteiger partial charge in [-0.25, -0.2) is 9.97 Å². The second-order valence-electron chi connectivity index (χ2n) is 4.21. The van der Waals surface area contributed by atoms with Crippen molar-refractivity contribution in [2.24, 2.45) is 0 Å². The summed E-state index contributed by atoms with van der Waals surface area (Å²) >= 11 is 5.96. The lowest BCUT2D eigenvalue weighted by molar-refractivity contribution is 0.922. The first-order valence-electron chi connectivity index (χ1n) is 6.03. The summed E-state index contributed by atoms with van der Waals surface area (Å²) in [5.74, 6) is 0.748. The van der Waals surface area contributed by atoms with Crippen molar-refractivity contribution in [1.29, 1.82) is 0 Å². The summed E-state index contributed by atoms with van der Waals surface area (Å²) in [6.07, 6.45) is 3.73. The van der Waals surface area contributed by atoms with E-state index in [9.17, 15) is 0 Å². The molecular weight excluding hydrogens is 246 g/mol. The fourth-order valence-corrected chi connectivity index (χ4v) is 1.87. The van der Waals surface area contributed by atoms with Crippen LogP contribution in [0.5, 0.6) is 0 Å². The van der Waals surface area contributed by atoms with E-state index in [4.69, 9.17) is 11.6 Å². The van der Waals surface area contributed by atoms with Crippen LogP contribution < -0.4 is 5.32 Å². The van der Waals surface area contributed by atoms with E-state index >= 15 is 0 Å². The Kier molecular flexibility index (Phi) is 4.15. The van der Waals surface area contributed by atoms with Gasteiger partial charge in [0, 0.05) is 11.3 Å². The standard InChI is InChI=1S/C14H16ClN3/c1-3-4-11-5-7-12(8-6-11)18-14-10(2)13(15)16-9-17-14/h5-9H,3-4H2,1-2H3,(H,16,17,18). The number of benzene rings is 1. The van der Waals surface area contributed by atoms with Crippen LogP contribution in [-0.2, 0) is 6.42 Å². The highest BCUT2D eigenvalue weighted by atomic mass is 35.5. The zero-order valence-corrected chi connectivity index (χ0v) is 11.3. The molecule has 0 aliphatic carbocycles. The third-order valence-electron chi connectivity index (χ3n) is 2.78. The number of aryl methyl sites for hydroxylation is 1. The van der Waals surface area contributed by atoms with Crippen molar-refractivity contribution in [3.63, 3.8) is 0 Å². The number of anilines is 2. The molecule has 0 saturated heterocycles. The van der Waals surface area contributed by atoms with E-state index in [2.05, 4.69) is 46.5 Å². The predicted octanol–water partition coefficient (Wildman–Crippen LogP) is 4.13. The van der Waals surface area contributed by atoms with Crippen LogP contribution in [0.3, 0.4) is 0 Å². The highest BCUT2D eigenvalue weighted by Gasteiger charge is 2.04. The van der Waals surface area contributed by atoms with Gasteiger partial charge in [0.15, 0.2) is 0 Å². The van der Waals surface area contributed by atoms with Crippen molar-refractivity contribution in [2.75, 3.05) is 5.32 Å². The van der Waals surface area contributed by atoms with Gasteiger partial charge in [-0.3, -0.25) is 0 Å². The minimum absolute atomic E-state index is 0.482. The molecule has 3 nitrogen and oxygen atoms in total. The highest BCUT2D eigenvalue weighted by Crippen LogP contribution is 2.22. The molecule has 0 unspecified atom stereocenters. The molecule has 0 aliphatic heterocycles. The van der Waals surface area contributed by atoms with Gasteiger partial charge in [0.25, 0.3) is 0 Å². The lowest BCUT2D eigenvalue weighted by atomic mass is 10.1. The van der Waals surface area contributed by atoms with Gasteiger partial charge in [0.05, 0.1) is 0 Å². The Bertz CT molecular complexity index is 523. The van der Waals surface area contributed by atoms with Crippen LogP contribution >= 0.6 is 11.6 Å². The van der Waals surface area contributed by atoms with E-state index in [1.807, 2.05) is 6.92 Å². The number of hydrogen-bond donors (Lipinski definition) is 1. The van der Waals surface area contributed by atoms with Crippen LogP contribution in [0.25, 0.3) is 0 Å². The second kappa shape index (κ2) is 5.83. The van der Waals surface area contributed by atoms with Gasteiger partial charge in [-0.1, -0.05) is 37.1 Å². The van der Waals surface area contributed by atoms with Crippen molar-refractivity contribution in [3.05, 3.63) is 46.9 Å². The number of nitrogens with zero attached hydrogens (tertiary/aromatic N) is 2. The Hall–Kier alpha value is -1.61. The Labute approximate surface area is 112 Å². The second-order valence-corrected chi connectivity index (χ2v) is 4.57. The number of halogens is 1. The van der Waals surface area contributed by atoms with Gasteiger partial charge < -0.3 is 5.32 Å².